The molecule has 0 aliphatic heterocycles. The maximum atomic E-state index is 12.9. The van der Waals surface area contributed by atoms with Gasteiger partial charge in [-0.25, -0.2) is 9.37 Å². The fourth-order valence-corrected chi connectivity index (χ4v) is 2.44. The van der Waals surface area contributed by atoms with Crippen molar-refractivity contribution >= 4 is 5.91 Å². The van der Waals surface area contributed by atoms with Gasteiger partial charge in [-0.05, 0) is 30.5 Å². The second kappa shape index (κ2) is 6.27. The van der Waals surface area contributed by atoms with E-state index in [0.29, 0.717) is 5.56 Å². The topological polar surface area (TPSA) is 58.4 Å². The summed E-state index contributed by atoms with van der Waals surface area (Å²) >= 11 is 0. The predicted molar refractivity (Wildman–Crippen MR) is 78.3 cm³/mol. The molecule has 5 nitrogen and oxygen atoms in total. The molecule has 0 radical (unpaired) electrons. The van der Waals surface area contributed by atoms with E-state index in [1.54, 1.807) is 40.3 Å². The zero-order chi connectivity index (χ0) is 15.5. The SMILES string of the molecule is O=C(Cn1ccnc1)N(CC(O)c1ccc(F)cc1)C1CC1. The van der Waals surface area contributed by atoms with Crippen LogP contribution >= 0.6 is 0 Å². The first kappa shape index (κ1) is 14.7. The molecule has 1 aromatic carbocycles. The van der Waals surface area contributed by atoms with Gasteiger partial charge in [0, 0.05) is 18.4 Å². The van der Waals surface area contributed by atoms with Gasteiger partial charge in [-0.3, -0.25) is 4.79 Å². The summed E-state index contributed by atoms with van der Waals surface area (Å²) in [6.45, 7) is 0.441. The molecule has 116 valence electrons. The first-order valence-corrected chi connectivity index (χ1v) is 7.32. The Morgan fingerprint density at radius 2 is 2.14 bits per heavy atom. The third-order valence-electron chi connectivity index (χ3n) is 3.81. The quantitative estimate of drug-likeness (QED) is 0.884. The van der Waals surface area contributed by atoms with Crippen molar-refractivity contribution in [2.24, 2.45) is 0 Å². The Morgan fingerprint density at radius 3 is 2.73 bits per heavy atom. The molecule has 1 aromatic heterocycles. The van der Waals surface area contributed by atoms with Crippen molar-refractivity contribution in [3.8, 4) is 0 Å². The fraction of sp³-hybridized carbons (Fsp3) is 0.375. The minimum absolute atomic E-state index is 0.0401. The number of halogens is 1. The Morgan fingerprint density at radius 1 is 1.41 bits per heavy atom. The van der Waals surface area contributed by atoms with Crippen molar-refractivity contribution in [3.05, 3.63) is 54.4 Å². The van der Waals surface area contributed by atoms with Crippen LogP contribution in [0.25, 0.3) is 0 Å². The molecule has 1 atom stereocenters. The number of aliphatic hydroxyl groups excluding tert-OH is 1. The molecule has 0 bridgehead atoms. The van der Waals surface area contributed by atoms with Gasteiger partial charge in [0.15, 0.2) is 0 Å². The van der Waals surface area contributed by atoms with Crippen molar-refractivity contribution in [1.82, 2.24) is 14.5 Å². The van der Waals surface area contributed by atoms with Crippen LogP contribution in [0.5, 0.6) is 0 Å². The van der Waals surface area contributed by atoms with E-state index < -0.39 is 6.10 Å². The highest BCUT2D eigenvalue weighted by Gasteiger charge is 2.33. The second-order valence-electron chi connectivity index (χ2n) is 5.58. The van der Waals surface area contributed by atoms with Crippen LogP contribution in [0.1, 0.15) is 24.5 Å². The molecular weight excluding hydrogens is 285 g/mol. The summed E-state index contributed by atoms with van der Waals surface area (Å²) in [5.74, 6) is -0.382. The van der Waals surface area contributed by atoms with Gasteiger partial charge in [-0.1, -0.05) is 12.1 Å². The average molecular weight is 303 g/mol. The lowest BCUT2D eigenvalue weighted by Crippen LogP contribution is -2.38. The van der Waals surface area contributed by atoms with Crippen molar-refractivity contribution in [1.29, 1.82) is 0 Å². The van der Waals surface area contributed by atoms with Crippen LogP contribution in [0.4, 0.5) is 4.39 Å². The summed E-state index contributed by atoms with van der Waals surface area (Å²) in [5.41, 5.74) is 0.613. The summed E-state index contributed by atoms with van der Waals surface area (Å²) in [5, 5.41) is 10.3. The van der Waals surface area contributed by atoms with E-state index in [-0.39, 0.29) is 30.9 Å². The number of hydrogen-bond acceptors (Lipinski definition) is 3. The van der Waals surface area contributed by atoms with Crippen LogP contribution in [0.15, 0.2) is 43.0 Å². The highest BCUT2D eigenvalue weighted by atomic mass is 19.1. The summed E-state index contributed by atoms with van der Waals surface area (Å²) in [4.78, 5) is 18.1. The number of aromatic nitrogens is 2. The van der Waals surface area contributed by atoms with Gasteiger partial charge in [0.2, 0.25) is 5.91 Å². The molecule has 1 saturated carbocycles. The highest BCUT2D eigenvalue weighted by molar-refractivity contribution is 5.76. The van der Waals surface area contributed by atoms with Gasteiger partial charge in [0.1, 0.15) is 12.4 Å². The summed E-state index contributed by atoms with van der Waals surface area (Å²) in [7, 11) is 0. The minimum atomic E-state index is -0.812. The summed E-state index contributed by atoms with van der Waals surface area (Å²) in [6.07, 6.45) is 6.08. The van der Waals surface area contributed by atoms with Crippen LogP contribution in [0.2, 0.25) is 0 Å². The fourth-order valence-electron chi connectivity index (χ4n) is 2.44. The van der Waals surface area contributed by atoms with E-state index in [1.165, 1.54) is 12.1 Å². The predicted octanol–water partition coefficient (Wildman–Crippen LogP) is 1.75. The first-order chi connectivity index (χ1) is 10.6. The molecule has 2 aromatic rings. The maximum absolute atomic E-state index is 12.9. The largest absolute Gasteiger partial charge is 0.387 e. The zero-order valence-electron chi connectivity index (χ0n) is 12.1. The maximum Gasteiger partial charge on any atom is 0.242 e. The van der Waals surface area contributed by atoms with Crippen molar-refractivity contribution in [2.45, 2.75) is 31.5 Å². The molecule has 22 heavy (non-hydrogen) atoms. The molecule has 1 aliphatic rings. The normalized spacial score (nSPS) is 15.5. The van der Waals surface area contributed by atoms with Crippen LogP contribution in [-0.2, 0) is 11.3 Å². The number of aliphatic hydroxyl groups is 1. The van der Waals surface area contributed by atoms with E-state index in [9.17, 15) is 14.3 Å². The molecule has 1 unspecified atom stereocenters. The van der Waals surface area contributed by atoms with Crippen molar-refractivity contribution < 1.29 is 14.3 Å². The Hall–Kier alpha value is -2.21. The van der Waals surface area contributed by atoms with E-state index in [4.69, 9.17) is 0 Å². The standard InChI is InChI=1S/C16H18FN3O2/c17-13-3-1-12(2-4-13)15(21)9-20(14-5-6-14)16(22)10-19-8-7-18-11-19/h1-4,7-8,11,14-15,21H,5-6,9-10H2. The van der Waals surface area contributed by atoms with Crippen molar-refractivity contribution in [3.63, 3.8) is 0 Å². The number of imidazole rings is 1. The molecule has 6 heteroatoms. The summed E-state index contributed by atoms with van der Waals surface area (Å²) in [6, 6.07) is 5.92. The minimum Gasteiger partial charge on any atom is -0.387 e. The lowest BCUT2D eigenvalue weighted by Gasteiger charge is -2.25. The number of hydrogen-bond donors (Lipinski definition) is 1. The number of nitrogens with zero attached hydrogens (tertiary/aromatic N) is 3. The lowest BCUT2D eigenvalue weighted by molar-refractivity contribution is -0.134. The van der Waals surface area contributed by atoms with Crippen molar-refractivity contribution in [2.75, 3.05) is 6.54 Å². The summed E-state index contributed by atoms with van der Waals surface area (Å²) < 4.78 is 14.6. The molecule has 1 heterocycles. The average Bonchev–Trinajstić information content (AvgIpc) is 3.22. The number of benzene rings is 1. The van der Waals surface area contributed by atoms with Gasteiger partial charge in [0.05, 0.1) is 19.0 Å². The van der Waals surface area contributed by atoms with Gasteiger partial charge in [-0.2, -0.15) is 0 Å². The van der Waals surface area contributed by atoms with Gasteiger partial charge < -0.3 is 14.6 Å². The molecule has 1 aliphatic carbocycles. The Kier molecular flexibility index (Phi) is 4.20. The highest BCUT2D eigenvalue weighted by Crippen LogP contribution is 2.29. The van der Waals surface area contributed by atoms with E-state index in [0.717, 1.165) is 12.8 Å². The molecule has 3 rings (SSSR count). The van der Waals surface area contributed by atoms with Gasteiger partial charge >= 0.3 is 0 Å². The number of carbonyl (C=O) groups excluding carboxylic acids is 1. The lowest BCUT2D eigenvalue weighted by atomic mass is 10.1. The van der Waals surface area contributed by atoms with E-state index >= 15 is 0 Å². The Labute approximate surface area is 128 Å². The van der Waals surface area contributed by atoms with Gasteiger partial charge in [0.25, 0.3) is 0 Å². The third-order valence-corrected chi connectivity index (χ3v) is 3.81. The molecule has 0 spiro atoms. The van der Waals surface area contributed by atoms with E-state index in [2.05, 4.69) is 4.98 Å². The molecule has 1 N–H and O–H groups in total. The number of carbonyl (C=O) groups is 1. The molecular formula is C16H18FN3O2. The zero-order valence-corrected chi connectivity index (χ0v) is 12.1. The Bertz CT molecular complexity index is 623. The smallest absolute Gasteiger partial charge is 0.242 e. The Balaban J connectivity index is 1.66. The second-order valence-corrected chi connectivity index (χ2v) is 5.58. The van der Waals surface area contributed by atoms with Crippen LogP contribution in [0.3, 0.4) is 0 Å². The van der Waals surface area contributed by atoms with Crippen LogP contribution in [-0.4, -0.2) is 38.1 Å². The van der Waals surface area contributed by atoms with Gasteiger partial charge in [-0.15, -0.1) is 0 Å². The number of amides is 1. The molecule has 0 saturated heterocycles. The van der Waals surface area contributed by atoms with E-state index in [1.807, 2.05) is 0 Å². The first-order valence-electron chi connectivity index (χ1n) is 7.32. The van der Waals surface area contributed by atoms with Crippen LogP contribution in [0, 0.1) is 5.82 Å². The number of rotatable bonds is 6. The monoisotopic (exact) mass is 303 g/mol. The third kappa shape index (κ3) is 3.51. The van der Waals surface area contributed by atoms with Crippen LogP contribution < -0.4 is 0 Å². The molecule has 1 amide bonds. The molecule has 1 fully saturated rings.